The molecule has 0 saturated heterocycles. The van der Waals surface area contributed by atoms with Gasteiger partial charge in [0.15, 0.2) is 11.6 Å². The molecule has 0 amide bonds. The lowest BCUT2D eigenvalue weighted by molar-refractivity contribution is 0.163. The molecule has 0 fully saturated rings. The Morgan fingerprint density at radius 2 is 2.00 bits per heavy atom. The number of nitrogens with zero attached hydrogens (tertiary/aromatic N) is 1. The number of benzene rings is 1. The van der Waals surface area contributed by atoms with Crippen LogP contribution in [0.2, 0.25) is 0 Å². The van der Waals surface area contributed by atoms with Crippen LogP contribution in [0.3, 0.4) is 0 Å². The number of halogens is 2. The minimum Gasteiger partial charge on any atom is -0.481 e. The minimum atomic E-state index is -0.410. The molecule has 0 spiro atoms. The van der Waals surface area contributed by atoms with Crippen LogP contribution >= 0.6 is 15.9 Å². The molecule has 3 nitrogen and oxygen atoms in total. The fourth-order valence-electron chi connectivity index (χ4n) is 1.87. The standard InChI is InChI=1S/C15H16BrFN2O/c1-2-13(18)15(10-5-7-19-8-6-10)20-14-9-11(16)3-4-12(14)17/h3-9,13,15H,2,18H2,1H3. The zero-order chi connectivity index (χ0) is 14.5. The molecular formula is C15H16BrFN2O. The highest BCUT2D eigenvalue weighted by Crippen LogP contribution is 2.29. The van der Waals surface area contributed by atoms with Crippen LogP contribution in [0.5, 0.6) is 5.75 Å². The molecule has 0 saturated carbocycles. The molecule has 20 heavy (non-hydrogen) atoms. The van der Waals surface area contributed by atoms with Crippen LogP contribution in [-0.4, -0.2) is 11.0 Å². The molecule has 2 unspecified atom stereocenters. The molecule has 5 heteroatoms. The maximum atomic E-state index is 13.8. The van der Waals surface area contributed by atoms with E-state index < -0.39 is 11.9 Å². The van der Waals surface area contributed by atoms with Crippen molar-refractivity contribution in [3.63, 3.8) is 0 Å². The highest BCUT2D eigenvalue weighted by Gasteiger charge is 2.22. The molecule has 2 rings (SSSR count). The summed E-state index contributed by atoms with van der Waals surface area (Å²) in [7, 11) is 0. The first kappa shape index (κ1) is 14.9. The Labute approximate surface area is 126 Å². The molecule has 1 heterocycles. The second-order valence-electron chi connectivity index (χ2n) is 4.47. The maximum Gasteiger partial charge on any atom is 0.165 e. The lowest BCUT2D eigenvalue weighted by Gasteiger charge is -2.25. The summed E-state index contributed by atoms with van der Waals surface area (Å²) in [4.78, 5) is 3.97. The van der Waals surface area contributed by atoms with E-state index in [1.807, 2.05) is 19.1 Å². The molecule has 0 aliphatic rings. The first-order valence-corrected chi connectivity index (χ1v) is 7.18. The highest BCUT2D eigenvalue weighted by molar-refractivity contribution is 9.10. The van der Waals surface area contributed by atoms with Gasteiger partial charge in [0.25, 0.3) is 0 Å². The summed E-state index contributed by atoms with van der Waals surface area (Å²) in [6.45, 7) is 1.97. The van der Waals surface area contributed by atoms with Crippen molar-refractivity contribution < 1.29 is 9.13 Å². The van der Waals surface area contributed by atoms with Gasteiger partial charge in [-0.05, 0) is 42.3 Å². The van der Waals surface area contributed by atoms with E-state index in [4.69, 9.17) is 10.5 Å². The van der Waals surface area contributed by atoms with Crippen LogP contribution < -0.4 is 10.5 Å². The van der Waals surface area contributed by atoms with Gasteiger partial charge in [0.1, 0.15) is 6.10 Å². The largest absolute Gasteiger partial charge is 0.481 e. The quantitative estimate of drug-likeness (QED) is 0.900. The van der Waals surface area contributed by atoms with Gasteiger partial charge in [-0.15, -0.1) is 0 Å². The molecule has 0 aliphatic carbocycles. The van der Waals surface area contributed by atoms with Crippen LogP contribution in [0.15, 0.2) is 47.2 Å². The predicted molar refractivity (Wildman–Crippen MR) is 80.0 cm³/mol. The van der Waals surface area contributed by atoms with Crippen molar-refractivity contribution in [1.82, 2.24) is 4.98 Å². The van der Waals surface area contributed by atoms with Crippen molar-refractivity contribution in [1.29, 1.82) is 0 Å². The van der Waals surface area contributed by atoms with Gasteiger partial charge in [0.2, 0.25) is 0 Å². The fourth-order valence-corrected chi connectivity index (χ4v) is 2.21. The van der Waals surface area contributed by atoms with Crippen molar-refractivity contribution in [2.75, 3.05) is 0 Å². The van der Waals surface area contributed by atoms with Gasteiger partial charge in [0, 0.05) is 22.9 Å². The van der Waals surface area contributed by atoms with E-state index in [1.54, 1.807) is 24.5 Å². The van der Waals surface area contributed by atoms with Crippen molar-refractivity contribution >= 4 is 15.9 Å². The van der Waals surface area contributed by atoms with Gasteiger partial charge in [-0.2, -0.15) is 0 Å². The molecule has 2 N–H and O–H groups in total. The smallest absolute Gasteiger partial charge is 0.165 e. The molecular weight excluding hydrogens is 323 g/mol. The van der Waals surface area contributed by atoms with Gasteiger partial charge in [-0.25, -0.2) is 4.39 Å². The Balaban J connectivity index is 2.31. The third-order valence-electron chi connectivity index (χ3n) is 3.04. The lowest BCUT2D eigenvalue weighted by atomic mass is 10.0. The van der Waals surface area contributed by atoms with Crippen LogP contribution in [0.4, 0.5) is 4.39 Å². The molecule has 2 atom stereocenters. The summed E-state index contributed by atoms with van der Waals surface area (Å²) < 4.78 is 20.4. The zero-order valence-electron chi connectivity index (χ0n) is 11.1. The third-order valence-corrected chi connectivity index (χ3v) is 3.54. The van der Waals surface area contributed by atoms with Crippen LogP contribution in [0.1, 0.15) is 25.0 Å². The summed E-state index contributed by atoms with van der Waals surface area (Å²) in [5.41, 5.74) is 6.99. The first-order chi connectivity index (χ1) is 9.61. The lowest BCUT2D eigenvalue weighted by Crippen LogP contribution is -2.31. The predicted octanol–water partition coefficient (Wildman–Crippen LogP) is 3.84. The first-order valence-electron chi connectivity index (χ1n) is 6.39. The molecule has 0 bridgehead atoms. The van der Waals surface area contributed by atoms with E-state index in [9.17, 15) is 4.39 Å². The SMILES string of the molecule is CCC(N)C(Oc1cc(Br)ccc1F)c1ccncc1. The average molecular weight is 339 g/mol. The van der Waals surface area contributed by atoms with Gasteiger partial charge in [-0.3, -0.25) is 4.98 Å². The Morgan fingerprint density at radius 3 is 2.65 bits per heavy atom. The van der Waals surface area contributed by atoms with E-state index in [2.05, 4.69) is 20.9 Å². The Kier molecular flexibility index (Phi) is 5.09. The van der Waals surface area contributed by atoms with Crippen molar-refractivity contribution in [3.05, 3.63) is 58.6 Å². The molecule has 0 radical (unpaired) electrons. The summed E-state index contributed by atoms with van der Waals surface area (Å²) >= 11 is 3.31. The minimum absolute atomic E-state index is 0.185. The number of ether oxygens (including phenoxy) is 1. The monoisotopic (exact) mass is 338 g/mol. The summed E-state index contributed by atoms with van der Waals surface area (Å²) in [6.07, 6.45) is 3.66. The van der Waals surface area contributed by atoms with E-state index in [0.717, 1.165) is 16.5 Å². The van der Waals surface area contributed by atoms with Gasteiger partial charge in [0.05, 0.1) is 0 Å². The topological polar surface area (TPSA) is 48.1 Å². The van der Waals surface area contributed by atoms with E-state index in [1.165, 1.54) is 6.07 Å². The summed E-state index contributed by atoms with van der Waals surface area (Å²) in [6, 6.07) is 8.03. The molecule has 0 aliphatic heterocycles. The van der Waals surface area contributed by atoms with Crippen molar-refractivity contribution in [2.45, 2.75) is 25.5 Å². The third kappa shape index (κ3) is 3.55. The highest BCUT2D eigenvalue weighted by atomic mass is 79.9. The fraction of sp³-hybridized carbons (Fsp3) is 0.267. The number of rotatable bonds is 5. The summed E-state index contributed by atoms with van der Waals surface area (Å²) in [5, 5.41) is 0. The van der Waals surface area contributed by atoms with Gasteiger partial charge >= 0.3 is 0 Å². The Morgan fingerprint density at radius 1 is 1.30 bits per heavy atom. The number of hydrogen-bond acceptors (Lipinski definition) is 3. The normalized spacial score (nSPS) is 13.8. The number of hydrogen-bond donors (Lipinski definition) is 1. The molecule has 106 valence electrons. The second-order valence-corrected chi connectivity index (χ2v) is 5.38. The van der Waals surface area contributed by atoms with E-state index in [0.29, 0.717) is 0 Å². The maximum absolute atomic E-state index is 13.8. The molecule has 2 aromatic rings. The molecule has 1 aromatic heterocycles. The average Bonchev–Trinajstić information content (AvgIpc) is 2.48. The van der Waals surface area contributed by atoms with E-state index >= 15 is 0 Å². The summed E-state index contributed by atoms with van der Waals surface area (Å²) in [5.74, 6) is -0.222. The van der Waals surface area contributed by atoms with E-state index in [-0.39, 0.29) is 11.8 Å². The van der Waals surface area contributed by atoms with Crippen LogP contribution in [-0.2, 0) is 0 Å². The Bertz CT molecular complexity index is 565. The van der Waals surface area contributed by atoms with Gasteiger partial charge < -0.3 is 10.5 Å². The van der Waals surface area contributed by atoms with Crippen molar-refractivity contribution in [2.24, 2.45) is 5.73 Å². The number of nitrogens with two attached hydrogens (primary N) is 1. The van der Waals surface area contributed by atoms with Crippen molar-refractivity contribution in [3.8, 4) is 5.75 Å². The van der Waals surface area contributed by atoms with Gasteiger partial charge in [-0.1, -0.05) is 22.9 Å². The zero-order valence-corrected chi connectivity index (χ0v) is 12.7. The number of pyridine rings is 1. The number of aromatic nitrogens is 1. The second kappa shape index (κ2) is 6.81. The van der Waals surface area contributed by atoms with Crippen LogP contribution in [0, 0.1) is 5.82 Å². The Hall–Kier alpha value is -1.46. The molecule has 1 aromatic carbocycles. The van der Waals surface area contributed by atoms with Crippen LogP contribution in [0.25, 0.3) is 0 Å².